The molecule has 2 aliphatic rings. The van der Waals surface area contributed by atoms with E-state index in [2.05, 4.69) is 9.97 Å². The summed E-state index contributed by atoms with van der Waals surface area (Å²) in [5.74, 6) is -2.55. The highest BCUT2D eigenvalue weighted by Crippen LogP contribution is 2.36. The quantitative estimate of drug-likeness (QED) is 0.724. The zero-order valence-corrected chi connectivity index (χ0v) is 17.9. The van der Waals surface area contributed by atoms with Crippen molar-refractivity contribution in [3.63, 3.8) is 0 Å². The number of oxazole rings is 1. The van der Waals surface area contributed by atoms with Crippen molar-refractivity contribution < 1.29 is 41.8 Å². The Hall–Kier alpha value is -2.99. The molecular formula is C21H24F3N3O6. The summed E-state index contributed by atoms with van der Waals surface area (Å²) in [4.78, 5) is 31.7. The molecule has 0 radical (unpaired) electrons. The van der Waals surface area contributed by atoms with Gasteiger partial charge in [0.05, 0.1) is 42.9 Å². The number of aromatic nitrogens is 2. The molecule has 2 fully saturated rings. The Labute approximate surface area is 187 Å². The van der Waals surface area contributed by atoms with Crippen molar-refractivity contribution in [2.24, 2.45) is 0 Å². The molecule has 2 atom stereocenters. The minimum absolute atomic E-state index is 0.0269. The van der Waals surface area contributed by atoms with Gasteiger partial charge in [0.1, 0.15) is 0 Å². The SMILES string of the molecule is Cc1ncoc1C(=O)N1CCC[C@]2(C[C@H](OCc3ccccn3)CO2)C1.O=C(O)C(F)(F)F. The smallest absolute Gasteiger partial charge is 0.475 e. The number of aryl methyl sites for hydroxylation is 1. The van der Waals surface area contributed by atoms with E-state index in [-0.39, 0.29) is 17.6 Å². The summed E-state index contributed by atoms with van der Waals surface area (Å²) in [5, 5.41) is 7.12. The highest BCUT2D eigenvalue weighted by molar-refractivity contribution is 5.92. The number of aliphatic carboxylic acids is 1. The predicted molar refractivity (Wildman–Crippen MR) is 106 cm³/mol. The molecule has 1 N–H and O–H groups in total. The molecule has 33 heavy (non-hydrogen) atoms. The van der Waals surface area contributed by atoms with Gasteiger partial charge in [0.15, 0.2) is 6.39 Å². The Balaban J connectivity index is 0.000000383. The van der Waals surface area contributed by atoms with Crippen LogP contribution in [0.4, 0.5) is 13.2 Å². The molecule has 0 aliphatic carbocycles. The highest BCUT2D eigenvalue weighted by atomic mass is 19.4. The first-order valence-electron chi connectivity index (χ1n) is 10.2. The van der Waals surface area contributed by atoms with E-state index < -0.39 is 12.1 Å². The van der Waals surface area contributed by atoms with Gasteiger partial charge >= 0.3 is 12.1 Å². The largest absolute Gasteiger partial charge is 0.490 e. The number of carboxylic acids is 1. The van der Waals surface area contributed by atoms with Crippen LogP contribution >= 0.6 is 0 Å². The van der Waals surface area contributed by atoms with Crippen LogP contribution in [0.2, 0.25) is 0 Å². The van der Waals surface area contributed by atoms with Crippen LogP contribution in [0.3, 0.4) is 0 Å². The number of likely N-dealkylation sites (tertiary alicyclic amines) is 1. The third kappa shape index (κ3) is 6.51. The number of hydrogen-bond donors (Lipinski definition) is 1. The minimum atomic E-state index is -5.08. The number of piperidine rings is 1. The van der Waals surface area contributed by atoms with Crippen molar-refractivity contribution in [2.75, 3.05) is 19.7 Å². The van der Waals surface area contributed by atoms with Crippen LogP contribution in [0, 0.1) is 6.92 Å². The van der Waals surface area contributed by atoms with Gasteiger partial charge in [-0.1, -0.05) is 6.07 Å². The summed E-state index contributed by atoms with van der Waals surface area (Å²) in [6.45, 7) is 4.09. The van der Waals surface area contributed by atoms with Gasteiger partial charge in [-0.05, 0) is 31.9 Å². The van der Waals surface area contributed by atoms with Gasteiger partial charge in [0.25, 0.3) is 5.91 Å². The second kappa shape index (κ2) is 10.3. The molecule has 9 nitrogen and oxygen atoms in total. The van der Waals surface area contributed by atoms with E-state index in [4.69, 9.17) is 23.8 Å². The van der Waals surface area contributed by atoms with Gasteiger partial charge in [0, 0.05) is 19.2 Å². The summed E-state index contributed by atoms with van der Waals surface area (Å²) in [6, 6.07) is 5.79. The topological polar surface area (TPSA) is 115 Å². The molecule has 2 aliphatic heterocycles. The zero-order chi connectivity index (χ0) is 24.1. The first-order valence-corrected chi connectivity index (χ1v) is 10.2. The standard InChI is InChI=1S/C19H23N3O4.C2HF3O2/c1-14-17(25-13-21-14)18(23)22-8-4-6-19(12-22)9-16(11-26-19)24-10-15-5-2-3-7-20-15;3-2(4,5)1(6)7/h2-3,5,7,13,16H,4,6,8-12H2,1H3;(H,6,7)/t16-,19-;/m0./s1. The molecule has 4 heterocycles. The maximum atomic E-state index is 12.7. The van der Waals surface area contributed by atoms with Gasteiger partial charge in [0.2, 0.25) is 5.76 Å². The van der Waals surface area contributed by atoms with E-state index in [0.29, 0.717) is 37.8 Å². The van der Waals surface area contributed by atoms with Crippen LogP contribution in [0.5, 0.6) is 0 Å². The van der Waals surface area contributed by atoms with Crippen molar-refractivity contribution in [3.05, 3.63) is 47.9 Å². The maximum absolute atomic E-state index is 12.7. The third-order valence-corrected chi connectivity index (χ3v) is 5.38. The normalized spacial score (nSPS) is 22.7. The second-order valence-electron chi connectivity index (χ2n) is 7.85. The number of carbonyl (C=O) groups is 2. The molecule has 2 aromatic heterocycles. The van der Waals surface area contributed by atoms with Gasteiger partial charge in [-0.3, -0.25) is 9.78 Å². The van der Waals surface area contributed by atoms with Crippen molar-refractivity contribution in [3.8, 4) is 0 Å². The number of carboxylic acid groups (broad SMARTS) is 1. The minimum Gasteiger partial charge on any atom is -0.475 e. The average Bonchev–Trinajstić information content (AvgIpc) is 3.38. The number of nitrogens with zero attached hydrogens (tertiary/aromatic N) is 3. The van der Waals surface area contributed by atoms with E-state index in [9.17, 15) is 18.0 Å². The van der Waals surface area contributed by atoms with Crippen LogP contribution in [-0.2, 0) is 20.9 Å². The average molecular weight is 471 g/mol. The summed E-state index contributed by atoms with van der Waals surface area (Å²) >= 11 is 0. The molecule has 12 heteroatoms. The van der Waals surface area contributed by atoms with Gasteiger partial charge < -0.3 is 23.9 Å². The molecule has 0 bridgehead atoms. The molecule has 0 saturated carbocycles. The lowest BCUT2D eigenvalue weighted by Gasteiger charge is -2.39. The fraction of sp³-hybridized carbons (Fsp3) is 0.524. The lowest BCUT2D eigenvalue weighted by atomic mass is 9.89. The number of pyridine rings is 1. The van der Waals surface area contributed by atoms with E-state index in [1.165, 1.54) is 6.39 Å². The Morgan fingerprint density at radius 2 is 2.09 bits per heavy atom. The van der Waals surface area contributed by atoms with Crippen LogP contribution in [0.1, 0.15) is 41.2 Å². The molecule has 180 valence electrons. The van der Waals surface area contributed by atoms with E-state index in [1.54, 1.807) is 13.1 Å². The maximum Gasteiger partial charge on any atom is 0.490 e. The van der Waals surface area contributed by atoms with Gasteiger partial charge in [-0.15, -0.1) is 0 Å². The van der Waals surface area contributed by atoms with Gasteiger partial charge in [-0.2, -0.15) is 13.2 Å². The molecule has 2 saturated heterocycles. The lowest BCUT2D eigenvalue weighted by Crippen LogP contribution is -2.50. The molecule has 0 unspecified atom stereocenters. The molecule has 0 aromatic carbocycles. The Morgan fingerprint density at radius 1 is 1.33 bits per heavy atom. The van der Waals surface area contributed by atoms with Crippen LogP contribution in [0.25, 0.3) is 0 Å². The molecular weight excluding hydrogens is 447 g/mol. The Kier molecular flexibility index (Phi) is 7.69. The monoisotopic (exact) mass is 471 g/mol. The summed E-state index contributed by atoms with van der Waals surface area (Å²) in [6.07, 6.45) is 0.664. The number of carbonyl (C=O) groups excluding carboxylic acids is 1. The van der Waals surface area contributed by atoms with E-state index >= 15 is 0 Å². The fourth-order valence-corrected chi connectivity index (χ4v) is 3.80. The zero-order valence-electron chi connectivity index (χ0n) is 17.9. The number of ether oxygens (including phenoxy) is 2. The van der Waals surface area contributed by atoms with E-state index in [1.807, 2.05) is 23.1 Å². The highest BCUT2D eigenvalue weighted by Gasteiger charge is 2.45. The Morgan fingerprint density at radius 3 is 2.70 bits per heavy atom. The summed E-state index contributed by atoms with van der Waals surface area (Å²) in [5.41, 5.74) is 1.21. The lowest BCUT2D eigenvalue weighted by molar-refractivity contribution is -0.192. The van der Waals surface area contributed by atoms with Crippen molar-refractivity contribution in [2.45, 2.75) is 50.7 Å². The molecule has 4 rings (SSSR count). The number of halogens is 3. The second-order valence-corrected chi connectivity index (χ2v) is 7.85. The third-order valence-electron chi connectivity index (χ3n) is 5.38. The van der Waals surface area contributed by atoms with Crippen molar-refractivity contribution in [1.82, 2.24) is 14.9 Å². The fourth-order valence-electron chi connectivity index (χ4n) is 3.80. The summed E-state index contributed by atoms with van der Waals surface area (Å²) in [7, 11) is 0. The molecule has 2 aromatic rings. The number of alkyl halides is 3. The van der Waals surface area contributed by atoms with Crippen molar-refractivity contribution in [1.29, 1.82) is 0 Å². The van der Waals surface area contributed by atoms with Crippen molar-refractivity contribution >= 4 is 11.9 Å². The summed E-state index contributed by atoms with van der Waals surface area (Å²) < 4.78 is 49.1. The Bertz CT molecular complexity index is 952. The number of amides is 1. The first-order chi connectivity index (χ1) is 15.6. The van der Waals surface area contributed by atoms with Crippen LogP contribution in [-0.4, -0.2) is 69.4 Å². The van der Waals surface area contributed by atoms with Crippen LogP contribution in [0.15, 0.2) is 35.2 Å². The molecule has 1 amide bonds. The van der Waals surface area contributed by atoms with E-state index in [0.717, 1.165) is 25.0 Å². The first kappa shape index (κ1) is 24.6. The van der Waals surface area contributed by atoms with Crippen LogP contribution < -0.4 is 0 Å². The van der Waals surface area contributed by atoms with Gasteiger partial charge in [-0.25, -0.2) is 9.78 Å². The predicted octanol–water partition coefficient (Wildman–Crippen LogP) is 2.99. The molecule has 1 spiro atoms. The number of rotatable bonds is 4. The number of hydrogen-bond acceptors (Lipinski definition) is 7.